The Kier molecular flexibility index (Phi) is 6.37. The monoisotopic (exact) mass is 172 g/mol. The van der Waals surface area contributed by atoms with E-state index in [1.54, 1.807) is 7.11 Å². The summed E-state index contributed by atoms with van der Waals surface area (Å²) in [5, 5.41) is 0. The Morgan fingerprint density at radius 2 is 2.09 bits per heavy atom. The molecule has 0 aromatic rings. The standard InChI is InChI=1S/C9H16OS/c1-4-9(7-10-3)6-5-8(2)11/h5-6,11H,4,7H2,1-3H3/b8-5+,9-6+. The average Bonchev–Trinajstić information content (AvgIpc) is 1.97. The summed E-state index contributed by atoms with van der Waals surface area (Å²) in [6.07, 6.45) is 5.08. The van der Waals surface area contributed by atoms with Crippen molar-refractivity contribution in [1.82, 2.24) is 0 Å². The zero-order chi connectivity index (χ0) is 8.69. The first-order valence-electron chi connectivity index (χ1n) is 3.75. The Morgan fingerprint density at radius 3 is 2.45 bits per heavy atom. The molecule has 11 heavy (non-hydrogen) atoms. The number of thiol groups is 1. The van der Waals surface area contributed by atoms with Gasteiger partial charge >= 0.3 is 0 Å². The summed E-state index contributed by atoms with van der Waals surface area (Å²) in [6, 6.07) is 0. The summed E-state index contributed by atoms with van der Waals surface area (Å²) in [5.41, 5.74) is 1.29. The first-order valence-corrected chi connectivity index (χ1v) is 4.19. The van der Waals surface area contributed by atoms with Gasteiger partial charge in [-0.15, -0.1) is 12.6 Å². The minimum absolute atomic E-state index is 0.716. The molecule has 0 spiro atoms. The highest BCUT2D eigenvalue weighted by Crippen LogP contribution is 2.04. The van der Waals surface area contributed by atoms with Gasteiger partial charge in [-0.3, -0.25) is 0 Å². The fourth-order valence-electron chi connectivity index (χ4n) is 0.692. The summed E-state index contributed by atoms with van der Waals surface area (Å²) in [7, 11) is 1.71. The summed E-state index contributed by atoms with van der Waals surface area (Å²) < 4.78 is 5.00. The van der Waals surface area contributed by atoms with Crippen LogP contribution in [0.25, 0.3) is 0 Å². The van der Waals surface area contributed by atoms with E-state index in [2.05, 4.69) is 25.6 Å². The summed E-state index contributed by atoms with van der Waals surface area (Å²) in [4.78, 5) is 1.02. The second kappa shape index (κ2) is 6.50. The topological polar surface area (TPSA) is 9.23 Å². The molecule has 0 aliphatic heterocycles. The van der Waals surface area contributed by atoms with Gasteiger partial charge in [0.25, 0.3) is 0 Å². The lowest BCUT2D eigenvalue weighted by molar-refractivity contribution is 0.223. The molecule has 0 saturated heterocycles. The molecule has 0 bridgehead atoms. The van der Waals surface area contributed by atoms with Crippen molar-refractivity contribution in [3.05, 3.63) is 22.6 Å². The van der Waals surface area contributed by atoms with E-state index in [4.69, 9.17) is 4.74 Å². The SMILES string of the molecule is CC/C(=C\C=C(/C)S)COC. The van der Waals surface area contributed by atoms with Gasteiger partial charge in [-0.1, -0.05) is 19.1 Å². The van der Waals surface area contributed by atoms with E-state index in [9.17, 15) is 0 Å². The molecule has 0 radical (unpaired) electrons. The molecular formula is C9H16OS. The molecule has 1 nitrogen and oxygen atoms in total. The van der Waals surface area contributed by atoms with Crippen LogP contribution in [0.3, 0.4) is 0 Å². The smallest absolute Gasteiger partial charge is 0.0675 e. The molecule has 0 fully saturated rings. The lowest BCUT2D eigenvalue weighted by Gasteiger charge is -2.00. The van der Waals surface area contributed by atoms with Crippen LogP contribution < -0.4 is 0 Å². The summed E-state index contributed by atoms with van der Waals surface area (Å²) in [6.45, 7) is 4.79. The number of rotatable bonds is 4. The van der Waals surface area contributed by atoms with E-state index in [0.717, 1.165) is 11.3 Å². The zero-order valence-corrected chi connectivity index (χ0v) is 8.32. The fourth-order valence-corrected chi connectivity index (χ4v) is 0.766. The van der Waals surface area contributed by atoms with Gasteiger partial charge in [-0.2, -0.15) is 0 Å². The number of hydrogen-bond acceptors (Lipinski definition) is 2. The molecule has 0 atom stereocenters. The molecule has 0 aliphatic carbocycles. The zero-order valence-electron chi connectivity index (χ0n) is 7.42. The Bertz CT molecular complexity index is 155. The van der Waals surface area contributed by atoms with Gasteiger partial charge in [-0.05, 0) is 23.8 Å². The lowest BCUT2D eigenvalue weighted by Crippen LogP contribution is -1.91. The second-order valence-electron chi connectivity index (χ2n) is 2.42. The van der Waals surface area contributed by atoms with Gasteiger partial charge in [0.2, 0.25) is 0 Å². The third-order valence-corrected chi connectivity index (χ3v) is 1.49. The highest BCUT2D eigenvalue weighted by Gasteiger charge is 1.89. The van der Waals surface area contributed by atoms with E-state index in [1.807, 2.05) is 13.0 Å². The molecule has 0 N–H and O–H groups in total. The molecule has 0 aromatic carbocycles. The quantitative estimate of drug-likeness (QED) is 0.507. The Labute approximate surface area is 74.5 Å². The summed E-state index contributed by atoms with van der Waals surface area (Å²) >= 11 is 4.16. The van der Waals surface area contributed by atoms with Gasteiger partial charge in [-0.25, -0.2) is 0 Å². The molecule has 2 heteroatoms. The van der Waals surface area contributed by atoms with Crippen LogP contribution in [0, 0.1) is 0 Å². The maximum Gasteiger partial charge on any atom is 0.0675 e. The number of allylic oxidation sites excluding steroid dienone is 3. The van der Waals surface area contributed by atoms with Crippen LogP contribution in [0.5, 0.6) is 0 Å². The van der Waals surface area contributed by atoms with E-state index in [1.165, 1.54) is 5.57 Å². The molecule has 0 aromatic heterocycles. The normalized spacial score (nSPS) is 13.8. The van der Waals surface area contributed by atoms with Crippen LogP contribution in [-0.4, -0.2) is 13.7 Å². The number of ether oxygens (including phenoxy) is 1. The average molecular weight is 172 g/mol. The molecular weight excluding hydrogens is 156 g/mol. The van der Waals surface area contributed by atoms with Crippen LogP contribution in [0.1, 0.15) is 20.3 Å². The van der Waals surface area contributed by atoms with E-state index in [0.29, 0.717) is 6.61 Å². The molecule has 64 valence electrons. The van der Waals surface area contributed by atoms with Crippen LogP contribution >= 0.6 is 12.6 Å². The van der Waals surface area contributed by atoms with Gasteiger partial charge in [0.05, 0.1) is 6.61 Å². The Morgan fingerprint density at radius 1 is 1.45 bits per heavy atom. The first kappa shape index (κ1) is 10.8. The van der Waals surface area contributed by atoms with Gasteiger partial charge in [0, 0.05) is 7.11 Å². The van der Waals surface area contributed by atoms with Crippen LogP contribution in [0.2, 0.25) is 0 Å². The number of methoxy groups -OCH3 is 1. The predicted octanol–water partition coefficient (Wildman–Crippen LogP) is 2.80. The summed E-state index contributed by atoms with van der Waals surface area (Å²) in [5.74, 6) is 0. The second-order valence-corrected chi connectivity index (χ2v) is 3.12. The third kappa shape index (κ3) is 6.20. The maximum atomic E-state index is 5.00. The van der Waals surface area contributed by atoms with Crippen molar-refractivity contribution in [3.8, 4) is 0 Å². The highest BCUT2D eigenvalue weighted by atomic mass is 32.1. The molecule has 0 unspecified atom stereocenters. The van der Waals surface area contributed by atoms with Crippen molar-refractivity contribution in [1.29, 1.82) is 0 Å². The lowest BCUT2D eigenvalue weighted by atomic mass is 10.2. The van der Waals surface area contributed by atoms with Crippen molar-refractivity contribution in [2.24, 2.45) is 0 Å². The minimum Gasteiger partial charge on any atom is -0.380 e. The van der Waals surface area contributed by atoms with Crippen molar-refractivity contribution >= 4 is 12.6 Å². The Balaban J connectivity index is 4.00. The molecule has 0 amide bonds. The highest BCUT2D eigenvalue weighted by molar-refractivity contribution is 7.84. The van der Waals surface area contributed by atoms with Crippen molar-refractivity contribution in [2.45, 2.75) is 20.3 Å². The van der Waals surface area contributed by atoms with E-state index < -0.39 is 0 Å². The largest absolute Gasteiger partial charge is 0.380 e. The van der Waals surface area contributed by atoms with Crippen LogP contribution in [0.4, 0.5) is 0 Å². The fraction of sp³-hybridized carbons (Fsp3) is 0.556. The van der Waals surface area contributed by atoms with Gasteiger partial charge in [0.1, 0.15) is 0 Å². The molecule has 0 saturated carbocycles. The van der Waals surface area contributed by atoms with E-state index in [-0.39, 0.29) is 0 Å². The van der Waals surface area contributed by atoms with Gasteiger partial charge in [0.15, 0.2) is 0 Å². The van der Waals surface area contributed by atoms with Crippen molar-refractivity contribution < 1.29 is 4.74 Å². The molecule has 0 rings (SSSR count). The molecule has 0 heterocycles. The van der Waals surface area contributed by atoms with Gasteiger partial charge < -0.3 is 4.74 Å². The predicted molar refractivity (Wildman–Crippen MR) is 53.0 cm³/mol. The maximum absolute atomic E-state index is 5.00. The first-order chi connectivity index (χ1) is 5.20. The minimum atomic E-state index is 0.716. The third-order valence-electron chi connectivity index (χ3n) is 1.34. The molecule has 0 aliphatic rings. The van der Waals surface area contributed by atoms with Crippen LogP contribution in [-0.2, 0) is 4.74 Å². The van der Waals surface area contributed by atoms with Crippen molar-refractivity contribution in [2.75, 3.05) is 13.7 Å². The van der Waals surface area contributed by atoms with E-state index >= 15 is 0 Å². The van der Waals surface area contributed by atoms with Crippen molar-refractivity contribution in [3.63, 3.8) is 0 Å². The Hall–Kier alpha value is -0.210. The van der Waals surface area contributed by atoms with Crippen LogP contribution in [0.15, 0.2) is 22.6 Å². The number of hydrogen-bond donors (Lipinski definition) is 1.